The maximum absolute atomic E-state index is 12.6. The number of benzene rings is 2. The maximum atomic E-state index is 12.6. The molecular formula is C25H24N6O4. The fourth-order valence-electron chi connectivity index (χ4n) is 3.82. The number of hydrogen-bond donors (Lipinski definition) is 2. The molecule has 10 nitrogen and oxygen atoms in total. The van der Waals surface area contributed by atoms with Gasteiger partial charge in [-0.2, -0.15) is 10.4 Å². The third-order valence-electron chi connectivity index (χ3n) is 5.56. The highest BCUT2D eigenvalue weighted by molar-refractivity contribution is 5.94. The molecule has 0 saturated carbocycles. The van der Waals surface area contributed by atoms with Crippen molar-refractivity contribution < 1.29 is 19.1 Å². The van der Waals surface area contributed by atoms with Crippen molar-refractivity contribution in [1.29, 1.82) is 5.26 Å². The Hall–Kier alpha value is -4.65. The van der Waals surface area contributed by atoms with Crippen LogP contribution in [0, 0.1) is 17.2 Å². The molecule has 0 radical (unpaired) electrons. The van der Waals surface area contributed by atoms with Gasteiger partial charge in [-0.3, -0.25) is 9.59 Å². The van der Waals surface area contributed by atoms with Gasteiger partial charge in [0.1, 0.15) is 11.6 Å². The molecule has 1 saturated heterocycles. The van der Waals surface area contributed by atoms with E-state index in [2.05, 4.69) is 15.7 Å². The van der Waals surface area contributed by atoms with E-state index in [4.69, 9.17) is 4.74 Å². The molecule has 0 aliphatic carbocycles. The van der Waals surface area contributed by atoms with Crippen LogP contribution in [0.15, 0.2) is 66.9 Å². The zero-order valence-corrected chi connectivity index (χ0v) is 18.9. The van der Waals surface area contributed by atoms with E-state index in [-0.39, 0.29) is 24.0 Å². The van der Waals surface area contributed by atoms with Crippen molar-refractivity contribution in [3.63, 3.8) is 0 Å². The van der Waals surface area contributed by atoms with Crippen molar-refractivity contribution in [2.24, 2.45) is 5.92 Å². The minimum atomic E-state index is -0.595. The fraction of sp³-hybridized carbons (Fsp3) is 0.240. The Labute approximate surface area is 202 Å². The monoisotopic (exact) mass is 472 g/mol. The highest BCUT2D eigenvalue weighted by Gasteiger charge is 2.30. The number of urea groups is 1. The quantitative estimate of drug-likeness (QED) is 0.530. The molecule has 2 heterocycles. The molecule has 3 aromatic rings. The number of ether oxygens (including phenoxy) is 1. The summed E-state index contributed by atoms with van der Waals surface area (Å²) in [6.45, 7) is 0.220. The van der Waals surface area contributed by atoms with Gasteiger partial charge in [0.2, 0.25) is 0 Å². The number of hydrogen-bond acceptors (Lipinski definition) is 6. The third-order valence-corrected chi connectivity index (χ3v) is 5.56. The van der Waals surface area contributed by atoms with E-state index < -0.39 is 24.4 Å². The fourth-order valence-corrected chi connectivity index (χ4v) is 3.82. The molecule has 1 fully saturated rings. The van der Waals surface area contributed by atoms with Gasteiger partial charge in [-0.1, -0.05) is 36.4 Å². The Bertz CT molecular complexity index is 1240. The summed E-state index contributed by atoms with van der Waals surface area (Å²) in [6, 6.07) is 19.8. The van der Waals surface area contributed by atoms with Gasteiger partial charge in [0.15, 0.2) is 12.4 Å². The Balaban J connectivity index is 1.32. The standard InChI is InChI=1S/C25H24N6O4/c26-14-19-15-27-31(21-11-5-2-6-12-21)23(19)29-22(32)17-35-24(33)18-8-7-13-30(16-18)25(34)28-20-9-3-1-4-10-20/h1-6,9-12,15,18H,7-8,13,16-17H2,(H,28,34)(H,29,32). The van der Waals surface area contributed by atoms with E-state index >= 15 is 0 Å². The summed E-state index contributed by atoms with van der Waals surface area (Å²) < 4.78 is 6.67. The van der Waals surface area contributed by atoms with Crippen LogP contribution in [-0.2, 0) is 14.3 Å². The first kappa shape index (κ1) is 23.5. The summed E-state index contributed by atoms with van der Waals surface area (Å²) in [7, 11) is 0. The van der Waals surface area contributed by atoms with E-state index in [1.165, 1.54) is 10.9 Å². The third kappa shape index (κ3) is 5.83. The number of nitrogens with zero attached hydrogens (tertiary/aromatic N) is 4. The minimum Gasteiger partial charge on any atom is -0.455 e. The molecular weight excluding hydrogens is 448 g/mol. The lowest BCUT2D eigenvalue weighted by Gasteiger charge is -2.31. The van der Waals surface area contributed by atoms with Crippen molar-refractivity contribution in [2.45, 2.75) is 12.8 Å². The topological polar surface area (TPSA) is 129 Å². The van der Waals surface area contributed by atoms with Crippen LogP contribution in [-0.4, -0.2) is 52.3 Å². The van der Waals surface area contributed by atoms with Crippen LogP contribution in [0.5, 0.6) is 0 Å². The number of carbonyl (C=O) groups is 3. The number of rotatable bonds is 6. The largest absolute Gasteiger partial charge is 0.455 e. The van der Waals surface area contributed by atoms with Gasteiger partial charge in [-0.15, -0.1) is 0 Å². The molecule has 4 rings (SSSR count). The molecule has 1 aliphatic heterocycles. The number of likely N-dealkylation sites (tertiary alicyclic amines) is 1. The smallest absolute Gasteiger partial charge is 0.321 e. The number of nitriles is 1. The lowest BCUT2D eigenvalue weighted by molar-refractivity contribution is -0.152. The summed E-state index contributed by atoms with van der Waals surface area (Å²) in [5.41, 5.74) is 1.52. The van der Waals surface area contributed by atoms with Crippen LogP contribution in [0.2, 0.25) is 0 Å². The SMILES string of the molecule is N#Cc1cnn(-c2ccccc2)c1NC(=O)COC(=O)C1CCCN(C(=O)Nc2ccccc2)C1. The highest BCUT2D eigenvalue weighted by Crippen LogP contribution is 2.21. The zero-order chi connectivity index (χ0) is 24.6. The lowest BCUT2D eigenvalue weighted by Crippen LogP contribution is -2.45. The van der Waals surface area contributed by atoms with Gasteiger partial charge in [-0.05, 0) is 37.1 Å². The predicted octanol–water partition coefficient (Wildman–Crippen LogP) is 3.17. The Morgan fingerprint density at radius 2 is 1.77 bits per heavy atom. The van der Waals surface area contributed by atoms with Gasteiger partial charge in [-0.25, -0.2) is 9.48 Å². The molecule has 178 valence electrons. The number of carbonyl (C=O) groups excluding carboxylic acids is 3. The van der Waals surface area contributed by atoms with E-state index in [1.54, 1.807) is 29.2 Å². The van der Waals surface area contributed by atoms with Gasteiger partial charge in [0.05, 0.1) is 17.8 Å². The summed E-state index contributed by atoms with van der Waals surface area (Å²) in [5, 5.41) is 18.9. The van der Waals surface area contributed by atoms with Crippen molar-refractivity contribution in [3.05, 3.63) is 72.4 Å². The van der Waals surface area contributed by atoms with E-state index in [0.29, 0.717) is 30.8 Å². The average molecular weight is 473 g/mol. The number of para-hydroxylation sites is 2. The number of esters is 1. The van der Waals surface area contributed by atoms with E-state index in [9.17, 15) is 19.6 Å². The lowest BCUT2D eigenvalue weighted by atomic mass is 9.98. The van der Waals surface area contributed by atoms with Gasteiger partial charge in [0, 0.05) is 18.8 Å². The van der Waals surface area contributed by atoms with Gasteiger partial charge in [0.25, 0.3) is 5.91 Å². The highest BCUT2D eigenvalue weighted by atomic mass is 16.5. The summed E-state index contributed by atoms with van der Waals surface area (Å²) >= 11 is 0. The second-order valence-electron chi connectivity index (χ2n) is 8.00. The zero-order valence-electron chi connectivity index (χ0n) is 18.9. The average Bonchev–Trinajstić information content (AvgIpc) is 3.30. The van der Waals surface area contributed by atoms with Gasteiger partial charge >= 0.3 is 12.0 Å². The van der Waals surface area contributed by atoms with Crippen LogP contribution >= 0.6 is 0 Å². The molecule has 0 bridgehead atoms. The summed E-state index contributed by atoms with van der Waals surface area (Å²) in [5.74, 6) is -1.47. The second-order valence-corrected chi connectivity index (χ2v) is 8.00. The molecule has 1 atom stereocenters. The Morgan fingerprint density at radius 3 is 2.49 bits per heavy atom. The Morgan fingerprint density at radius 1 is 1.06 bits per heavy atom. The molecule has 35 heavy (non-hydrogen) atoms. The van der Waals surface area contributed by atoms with Gasteiger partial charge < -0.3 is 20.3 Å². The molecule has 10 heteroatoms. The molecule has 3 amide bonds. The minimum absolute atomic E-state index is 0.181. The van der Waals surface area contributed by atoms with Crippen LogP contribution in [0.4, 0.5) is 16.3 Å². The second kappa shape index (κ2) is 11.0. The molecule has 1 unspecified atom stereocenters. The van der Waals surface area contributed by atoms with Crippen molar-refractivity contribution >= 4 is 29.4 Å². The van der Waals surface area contributed by atoms with Crippen LogP contribution in [0.25, 0.3) is 5.69 Å². The van der Waals surface area contributed by atoms with Crippen molar-refractivity contribution in [1.82, 2.24) is 14.7 Å². The molecule has 2 aromatic carbocycles. The predicted molar refractivity (Wildman–Crippen MR) is 128 cm³/mol. The molecule has 2 N–H and O–H groups in total. The first-order chi connectivity index (χ1) is 17.0. The van der Waals surface area contributed by atoms with Crippen molar-refractivity contribution in [3.8, 4) is 11.8 Å². The van der Waals surface area contributed by atoms with Crippen molar-refractivity contribution in [2.75, 3.05) is 30.3 Å². The van der Waals surface area contributed by atoms with Crippen LogP contribution < -0.4 is 10.6 Å². The molecule has 1 aromatic heterocycles. The van der Waals surface area contributed by atoms with E-state index in [1.807, 2.05) is 42.5 Å². The summed E-state index contributed by atoms with van der Waals surface area (Å²) in [4.78, 5) is 39.2. The first-order valence-corrected chi connectivity index (χ1v) is 11.2. The van der Waals surface area contributed by atoms with Crippen LogP contribution in [0.3, 0.4) is 0 Å². The number of aromatic nitrogens is 2. The van der Waals surface area contributed by atoms with Crippen LogP contribution in [0.1, 0.15) is 18.4 Å². The normalized spacial score (nSPS) is 15.1. The first-order valence-electron chi connectivity index (χ1n) is 11.2. The maximum Gasteiger partial charge on any atom is 0.321 e. The number of amides is 3. The molecule has 1 aliphatic rings. The Kier molecular flexibility index (Phi) is 7.37. The number of anilines is 2. The molecule has 0 spiro atoms. The summed E-state index contributed by atoms with van der Waals surface area (Å²) in [6.07, 6.45) is 2.57. The number of piperidine rings is 1. The van der Waals surface area contributed by atoms with E-state index in [0.717, 1.165) is 0 Å². The number of nitrogens with one attached hydrogen (secondary N) is 2.